The van der Waals surface area contributed by atoms with Gasteiger partial charge in [-0.3, -0.25) is 4.79 Å². The maximum atomic E-state index is 14.0. The molecule has 4 aromatic rings. The van der Waals surface area contributed by atoms with Gasteiger partial charge in [-0.25, -0.2) is 29.0 Å². The van der Waals surface area contributed by atoms with Gasteiger partial charge < -0.3 is 14.8 Å². The van der Waals surface area contributed by atoms with Crippen molar-refractivity contribution in [3.05, 3.63) is 82.4 Å². The van der Waals surface area contributed by atoms with E-state index < -0.39 is 5.82 Å². The number of hydrogen-bond donors (Lipinski definition) is 1. The van der Waals surface area contributed by atoms with Gasteiger partial charge in [0.2, 0.25) is 0 Å². The number of aromatic nitrogens is 4. The van der Waals surface area contributed by atoms with E-state index in [1.54, 1.807) is 23.4 Å². The number of fused-ring (bicyclic) bond motifs is 2. The highest BCUT2D eigenvalue weighted by Crippen LogP contribution is 2.35. The molecule has 0 radical (unpaired) electrons. The number of amides is 2. The maximum Gasteiger partial charge on any atom is 0.330 e. The number of halogens is 1. The number of anilines is 3. The average Bonchev–Trinajstić information content (AvgIpc) is 2.94. The first-order chi connectivity index (χ1) is 18.5. The zero-order valence-corrected chi connectivity index (χ0v) is 20.3. The second-order valence-corrected chi connectivity index (χ2v) is 9.45. The Bertz CT molecular complexity index is 1640. The highest BCUT2D eigenvalue weighted by molar-refractivity contribution is 6.01. The van der Waals surface area contributed by atoms with E-state index in [4.69, 9.17) is 0 Å². The van der Waals surface area contributed by atoms with Crippen molar-refractivity contribution in [3.8, 4) is 6.07 Å². The fraction of sp³-hybridized carbons (Fsp3) is 0.259. The van der Waals surface area contributed by atoms with E-state index in [1.807, 2.05) is 18.2 Å². The predicted molar refractivity (Wildman–Crippen MR) is 138 cm³/mol. The first kappa shape index (κ1) is 23.5. The molecule has 2 aliphatic heterocycles. The lowest BCUT2D eigenvalue weighted by molar-refractivity contribution is 0.183. The second-order valence-electron chi connectivity index (χ2n) is 9.45. The normalized spacial score (nSPS) is 16.0. The third-order valence-electron chi connectivity index (χ3n) is 7.16. The second kappa shape index (κ2) is 9.55. The molecule has 2 aliphatic rings. The van der Waals surface area contributed by atoms with Crippen LogP contribution in [-0.2, 0) is 6.54 Å². The maximum absolute atomic E-state index is 14.0. The first-order valence-electron chi connectivity index (χ1n) is 12.3. The van der Waals surface area contributed by atoms with Crippen LogP contribution >= 0.6 is 0 Å². The van der Waals surface area contributed by atoms with E-state index in [9.17, 15) is 19.2 Å². The summed E-state index contributed by atoms with van der Waals surface area (Å²) >= 11 is 0. The molecule has 3 aromatic heterocycles. The van der Waals surface area contributed by atoms with Crippen molar-refractivity contribution in [1.82, 2.24) is 24.8 Å². The van der Waals surface area contributed by atoms with Gasteiger partial charge in [0.25, 0.3) is 5.56 Å². The minimum absolute atomic E-state index is 0.131. The van der Waals surface area contributed by atoms with Crippen LogP contribution in [0.3, 0.4) is 0 Å². The summed E-state index contributed by atoms with van der Waals surface area (Å²) in [6.45, 7) is 2.34. The quantitative estimate of drug-likeness (QED) is 0.444. The summed E-state index contributed by atoms with van der Waals surface area (Å²) in [7, 11) is 0. The Labute approximate surface area is 217 Å². The van der Waals surface area contributed by atoms with E-state index in [0.717, 1.165) is 18.4 Å². The van der Waals surface area contributed by atoms with E-state index in [1.165, 1.54) is 29.4 Å². The molecule has 11 heteroatoms. The monoisotopic (exact) mass is 510 g/mol. The Balaban J connectivity index is 1.22. The standard InChI is InChI=1S/C27H23FN8O2/c28-21-4-3-20(12-19(21)13-29)36-24-18(2-1-8-30-24)15-35(27(36)38)14-17-6-10-34(11-7-17)25-23-22(5-9-31-25)32-16-33-26(23)37/h1-5,8-9,12,16-17H,6-7,10-11,14-15H2,(H,32,33,37). The lowest BCUT2D eigenvalue weighted by Gasteiger charge is -2.40. The molecular weight excluding hydrogens is 487 g/mol. The predicted octanol–water partition coefficient (Wildman–Crippen LogP) is 3.71. The number of nitriles is 1. The SMILES string of the molecule is N#Cc1cc(N2C(=O)N(CC3CCN(c4nccc5nc[nH]c(=O)c45)CC3)Cc3cccnc32)ccc1F. The summed E-state index contributed by atoms with van der Waals surface area (Å²) in [4.78, 5) is 47.2. The smallest absolute Gasteiger partial charge is 0.330 e. The molecule has 0 aliphatic carbocycles. The summed E-state index contributed by atoms with van der Waals surface area (Å²) < 4.78 is 14.0. The number of pyridine rings is 2. The third-order valence-corrected chi connectivity index (χ3v) is 7.16. The summed E-state index contributed by atoms with van der Waals surface area (Å²) in [6.07, 6.45) is 6.29. The van der Waals surface area contributed by atoms with Gasteiger partial charge in [-0.1, -0.05) is 6.07 Å². The van der Waals surface area contributed by atoms with Gasteiger partial charge in [0.1, 0.15) is 28.9 Å². The Morgan fingerprint density at radius 3 is 2.68 bits per heavy atom. The number of benzene rings is 1. The van der Waals surface area contributed by atoms with Crippen molar-refractivity contribution in [2.45, 2.75) is 19.4 Å². The van der Waals surface area contributed by atoms with Crippen LogP contribution in [0.4, 0.5) is 26.5 Å². The highest BCUT2D eigenvalue weighted by atomic mass is 19.1. The minimum atomic E-state index is -0.635. The number of aromatic amines is 1. The van der Waals surface area contributed by atoms with Gasteiger partial charge >= 0.3 is 6.03 Å². The Morgan fingerprint density at radius 1 is 1.05 bits per heavy atom. The molecule has 0 bridgehead atoms. The molecule has 0 atom stereocenters. The topological polar surface area (TPSA) is 122 Å². The van der Waals surface area contributed by atoms with Gasteiger partial charge in [-0.15, -0.1) is 0 Å². The van der Waals surface area contributed by atoms with Crippen molar-refractivity contribution < 1.29 is 9.18 Å². The molecule has 190 valence electrons. The van der Waals surface area contributed by atoms with Gasteiger partial charge in [-0.2, -0.15) is 5.26 Å². The minimum Gasteiger partial charge on any atom is -0.356 e. The fourth-order valence-corrected chi connectivity index (χ4v) is 5.25. The van der Waals surface area contributed by atoms with Crippen LogP contribution in [0, 0.1) is 23.1 Å². The molecule has 10 nitrogen and oxygen atoms in total. The Morgan fingerprint density at radius 2 is 1.87 bits per heavy atom. The molecule has 0 spiro atoms. The molecular formula is C27H23FN8O2. The molecule has 1 aromatic carbocycles. The van der Waals surface area contributed by atoms with Crippen molar-refractivity contribution in [2.75, 3.05) is 29.4 Å². The van der Waals surface area contributed by atoms with Crippen LogP contribution in [0.5, 0.6) is 0 Å². The fourth-order valence-electron chi connectivity index (χ4n) is 5.25. The number of H-pyrrole nitrogens is 1. The first-order valence-corrected chi connectivity index (χ1v) is 12.3. The van der Waals surface area contributed by atoms with Crippen molar-refractivity contribution in [3.63, 3.8) is 0 Å². The van der Waals surface area contributed by atoms with Gasteiger partial charge in [-0.05, 0) is 49.1 Å². The van der Waals surface area contributed by atoms with Gasteiger partial charge in [0, 0.05) is 37.6 Å². The average molecular weight is 511 g/mol. The highest BCUT2D eigenvalue weighted by Gasteiger charge is 2.35. The number of nitrogens with zero attached hydrogens (tertiary/aromatic N) is 7. The van der Waals surface area contributed by atoms with Crippen LogP contribution < -0.4 is 15.4 Å². The number of carbonyl (C=O) groups is 1. The van der Waals surface area contributed by atoms with Crippen molar-refractivity contribution in [2.24, 2.45) is 5.92 Å². The van der Waals surface area contributed by atoms with Crippen LogP contribution in [0.15, 0.2) is 59.9 Å². The zero-order valence-electron chi connectivity index (χ0n) is 20.3. The summed E-state index contributed by atoms with van der Waals surface area (Å²) in [6, 6.07) is 11.1. The van der Waals surface area contributed by atoms with Crippen molar-refractivity contribution >= 4 is 34.3 Å². The zero-order chi connectivity index (χ0) is 26.2. The Hall–Kier alpha value is -4.85. The summed E-state index contributed by atoms with van der Waals surface area (Å²) in [5.74, 6) is 0.716. The van der Waals surface area contributed by atoms with E-state index >= 15 is 0 Å². The molecule has 6 rings (SSSR count). The van der Waals surface area contributed by atoms with Crippen LogP contribution in [-0.4, -0.2) is 50.5 Å². The number of piperidine rings is 1. The number of nitrogens with one attached hydrogen (secondary N) is 1. The molecule has 1 saturated heterocycles. The number of rotatable bonds is 4. The molecule has 0 saturated carbocycles. The lowest BCUT2D eigenvalue weighted by atomic mass is 9.95. The molecule has 1 fully saturated rings. The third kappa shape index (κ3) is 4.10. The van der Waals surface area contributed by atoms with E-state index in [-0.39, 0.29) is 23.1 Å². The van der Waals surface area contributed by atoms with Crippen LogP contribution in [0.2, 0.25) is 0 Å². The van der Waals surface area contributed by atoms with E-state index in [2.05, 4.69) is 24.8 Å². The molecule has 38 heavy (non-hydrogen) atoms. The Kier molecular flexibility index (Phi) is 5.92. The molecule has 0 unspecified atom stereocenters. The summed E-state index contributed by atoms with van der Waals surface area (Å²) in [5.41, 5.74) is 1.53. The number of urea groups is 1. The van der Waals surface area contributed by atoms with Gasteiger partial charge in [0.15, 0.2) is 0 Å². The molecule has 2 amide bonds. The van der Waals surface area contributed by atoms with Crippen LogP contribution in [0.25, 0.3) is 10.9 Å². The molecule has 5 heterocycles. The van der Waals surface area contributed by atoms with E-state index in [0.29, 0.717) is 54.4 Å². The number of carbonyl (C=O) groups excluding carboxylic acids is 1. The number of hydrogen-bond acceptors (Lipinski definition) is 7. The van der Waals surface area contributed by atoms with Gasteiger partial charge in [0.05, 0.1) is 29.6 Å². The van der Waals surface area contributed by atoms with Crippen LogP contribution in [0.1, 0.15) is 24.0 Å². The largest absolute Gasteiger partial charge is 0.356 e. The summed E-state index contributed by atoms with van der Waals surface area (Å²) in [5, 5.41) is 9.78. The molecule has 1 N–H and O–H groups in total. The lowest BCUT2D eigenvalue weighted by Crippen LogP contribution is -2.48. The van der Waals surface area contributed by atoms with Crippen molar-refractivity contribution in [1.29, 1.82) is 5.26 Å².